The molecule has 6 nitrogen and oxygen atoms in total. The highest BCUT2D eigenvalue weighted by molar-refractivity contribution is 7.91. The number of ether oxygens (including phenoxy) is 1. The van der Waals surface area contributed by atoms with Crippen LogP contribution in [0, 0.1) is 5.82 Å². The summed E-state index contributed by atoms with van der Waals surface area (Å²) in [4.78, 5) is 22.9. The quantitative estimate of drug-likeness (QED) is 0.569. The zero-order valence-corrected chi connectivity index (χ0v) is 13.9. The molecule has 1 aromatic carbocycles. The van der Waals surface area contributed by atoms with Crippen LogP contribution in [0.2, 0.25) is 0 Å². The van der Waals surface area contributed by atoms with E-state index in [0.717, 1.165) is 30.7 Å². The molecule has 0 heterocycles. The highest BCUT2D eigenvalue weighted by Gasteiger charge is 2.18. The Morgan fingerprint density at radius 2 is 1.87 bits per heavy atom. The number of hydrogen-bond donors (Lipinski definition) is 1. The summed E-state index contributed by atoms with van der Waals surface area (Å²) >= 11 is 0. The minimum atomic E-state index is -3.70. The van der Waals surface area contributed by atoms with Crippen LogP contribution in [0.3, 0.4) is 0 Å². The molecule has 128 valence electrons. The molecule has 23 heavy (non-hydrogen) atoms. The monoisotopic (exact) mass is 345 g/mol. The van der Waals surface area contributed by atoms with Gasteiger partial charge in [-0.05, 0) is 37.6 Å². The van der Waals surface area contributed by atoms with E-state index in [4.69, 9.17) is 4.74 Å². The lowest BCUT2D eigenvalue weighted by Gasteiger charge is -2.11. The molecule has 0 unspecified atom stereocenters. The first-order valence-electron chi connectivity index (χ1n) is 7.18. The molecular formula is C15H20FNO5S. The lowest BCUT2D eigenvalue weighted by atomic mass is 10.2. The molecule has 0 fully saturated rings. The van der Waals surface area contributed by atoms with Crippen molar-refractivity contribution in [2.45, 2.75) is 37.6 Å². The summed E-state index contributed by atoms with van der Waals surface area (Å²) in [5, 5.41) is 2.62. The van der Waals surface area contributed by atoms with Gasteiger partial charge in [-0.1, -0.05) is 6.92 Å². The van der Waals surface area contributed by atoms with Gasteiger partial charge in [0.1, 0.15) is 5.82 Å². The SMILES string of the molecule is CC[C@@H](C)NC(=O)COC(=O)CCS(=O)(=O)c1ccc(F)cc1. The molecule has 0 saturated heterocycles. The zero-order chi connectivity index (χ0) is 17.5. The first-order chi connectivity index (χ1) is 10.7. The standard InChI is InChI=1S/C15H20FNO5S/c1-3-11(2)17-14(18)10-22-15(19)8-9-23(20,21)13-6-4-12(16)5-7-13/h4-7,11H,3,8-10H2,1-2H3,(H,17,18)/t11-/m1/s1. The highest BCUT2D eigenvalue weighted by atomic mass is 32.2. The van der Waals surface area contributed by atoms with Gasteiger partial charge in [0.25, 0.3) is 5.91 Å². The van der Waals surface area contributed by atoms with Crippen LogP contribution in [-0.2, 0) is 24.2 Å². The van der Waals surface area contributed by atoms with E-state index in [1.807, 2.05) is 13.8 Å². The van der Waals surface area contributed by atoms with Crippen molar-refractivity contribution in [3.8, 4) is 0 Å². The molecule has 0 aromatic heterocycles. The van der Waals surface area contributed by atoms with Crippen LogP contribution in [0.25, 0.3) is 0 Å². The van der Waals surface area contributed by atoms with Gasteiger partial charge in [-0.25, -0.2) is 12.8 Å². The Balaban J connectivity index is 2.43. The predicted octanol–water partition coefficient (Wildman–Crippen LogP) is 1.45. The Morgan fingerprint density at radius 3 is 2.43 bits per heavy atom. The Labute approximate surface area is 134 Å². The van der Waals surface area contributed by atoms with Crippen LogP contribution in [0.4, 0.5) is 4.39 Å². The van der Waals surface area contributed by atoms with Gasteiger partial charge in [0, 0.05) is 6.04 Å². The first-order valence-corrected chi connectivity index (χ1v) is 8.83. The average molecular weight is 345 g/mol. The molecule has 0 saturated carbocycles. The molecular weight excluding hydrogens is 325 g/mol. The van der Waals surface area contributed by atoms with Crippen LogP contribution in [-0.4, -0.2) is 38.7 Å². The number of carbonyl (C=O) groups excluding carboxylic acids is 2. The van der Waals surface area contributed by atoms with Gasteiger partial charge in [-0.2, -0.15) is 0 Å². The molecule has 0 bridgehead atoms. The van der Waals surface area contributed by atoms with Crippen LogP contribution in [0.15, 0.2) is 29.2 Å². The van der Waals surface area contributed by atoms with E-state index in [1.54, 1.807) is 0 Å². The topological polar surface area (TPSA) is 89.5 Å². The van der Waals surface area contributed by atoms with Crippen molar-refractivity contribution in [1.29, 1.82) is 0 Å². The van der Waals surface area contributed by atoms with Gasteiger partial charge >= 0.3 is 5.97 Å². The Kier molecular flexibility index (Phi) is 7.15. The number of nitrogens with one attached hydrogen (secondary N) is 1. The molecule has 8 heteroatoms. The Morgan fingerprint density at radius 1 is 1.26 bits per heavy atom. The maximum atomic E-state index is 12.8. The molecule has 1 atom stereocenters. The number of halogens is 1. The van der Waals surface area contributed by atoms with Gasteiger partial charge < -0.3 is 10.1 Å². The summed E-state index contributed by atoms with van der Waals surface area (Å²) in [7, 11) is -3.70. The van der Waals surface area contributed by atoms with E-state index in [9.17, 15) is 22.4 Å². The van der Waals surface area contributed by atoms with E-state index in [1.165, 1.54) is 0 Å². The summed E-state index contributed by atoms with van der Waals surface area (Å²) in [5.41, 5.74) is 0. The van der Waals surface area contributed by atoms with Gasteiger partial charge in [-0.3, -0.25) is 9.59 Å². The molecule has 0 spiro atoms. The molecule has 0 aliphatic carbocycles. The van der Waals surface area contributed by atoms with Crippen molar-refractivity contribution in [2.24, 2.45) is 0 Å². The summed E-state index contributed by atoms with van der Waals surface area (Å²) in [6.07, 6.45) is 0.367. The number of amides is 1. The normalized spacial score (nSPS) is 12.5. The maximum absolute atomic E-state index is 12.8. The summed E-state index contributed by atoms with van der Waals surface area (Å²) < 4.78 is 41.4. The van der Waals surface area contributed by atoms with Crippen LogP contribution >= 0.6 is 0 Å². The molecule has 1 aromatic rings. The van der Waals surface area contributed by atoms with Crippen molar-refractivity contribution in [3.05, 3.63) is 30.1 Å². The minimum Gasteiger partial charge on any atom is -0.456 e. The lowest BCUT2D eigenvalue weighted by molar-refractivity contribution is -0.148. The fraction of sp³-hybridized carbons (Fsp3) is 0.467. The Bertz CT molecular complexity index is 642. The van der Waals surface area contributed by atoms with E-state index in [2.05, 4.69) is 5.32 Å². The number of carbonyl (C=O) groups is 2. The number of hydrogen-bond acceptors (Lipinski definition) is 5. The maximum Gasteiger partial charge on any atom is 0.307 e. The van der Waals surface area contributed by atoms with Crippen LogP contribution in [0.5, 0.6) is 0 Å². The third-order valence-corrected chi connectivity index (χ3v) is 4.86. The second-order valence-electron chi connectivity index (χ2n) is 5.06. The van der Waals surface area contributed by atoms with Crippen LogP contribution < -0.4 is 5.32 Å². The molecule has 1 rings (SSSR count). The largest absolute Gasteiger partial charge is 0.456 e. The van der Waals surface area contributed by atoms with Crippen molar-refractivity contribution in [1.82, 2.24) is 5.32 Å². The summed E-state index contributed by atoms with van der Waals surface area (Å²) in [5.74, 6) is -2.23. The van der Waals surface area contributed by atoms with Crippen molar-refractivity contribution in [3.63, 3.8) is 0 Å². The van der Waals surface area contributed by atoms with Crippen molar-refractivity contribution in [2.75, 3.05) is 12.4 Å². The third-order valence-electron chi connectivity index (χ3n) is 3.13. The predicted molar refractivity (Wildman–Crippen MR) is 81.9 cm³/mol. The summed E-state index contributed by atoms with van der Waals surface area (Å²) in [6, 6.07) is 4.31. The van der Waals surface area contributed by atoms with E-state index >= 15 is 0 Å². The van der Waals surface area contributed by atoms with Crippen molar-refractivity contribution < 1.29 is 27.1 Å². The van der Waals surface area contributed by atoms with Crippen molar-refractivity contribution >= 4 is 21.7 Å². The molecule has 1 amide bonds. The van der Waals surface area contributed by atoms with E-state index in [0.29, 0.717) is 0 Å². The zero-order valence-electron chi connectivity index (χ0n) is 13.0. The fourth-order valence-corrected chi connectivity index (χ4v) is 2.84. The second kappa shape index (κ2) is 8.61. The minimum absolute atomic E-state index is 0.0277. The summed E-state index contributed by atoms with van der Waals surface area (Å²) in [6.45, 7) is 3.27. The third kappa shape index (κ3) is 6.77. The lowest BCUT2D eigenvalue weighted by Crippen LogP contribution is -2.35. The molecule has 0 aliphatic heterocycles. The number of sulfone groups is 1. The smallest absolute Gasteiger partial charge is 0.307 e. The Hall–Kier alpha value is -1.96. The number of rotatable bonds is 8. The van der Waals surface area contributed by atoms with Crippen LogP contribution in [0.1, 0.15) is 26.7 Å². The fourth-order valence-electron chi connectivity index (χ4n) is 1.61. The van der Waals surface area contributed by atoms with Gasteiger partial charge in [0.05, 0.1) is 17.1 Å². The molecule has 0 radical (unpaired) electrons. The van der Waals surface area contributed by atoms with Gasteiger partial charge in [0.2, 0.25) is 0 Å². The first kappa shape index (κ1) is 19.1. The van der Waals surface area contributed by atoms with Gasteiger partial charge in [0.15, 0.2) is 16.4 Å². The molecule has 0 aliphatic rings. The van der Waals surface area contributed by atoms with E-state index in [-0.39, 0.29) is 17.4 Å². The number of benzene rings is 1. The van der Waals surface area contributed by atoms with E-state index < -0.39 is 39.9 Å². The van der Waals surface area contributed by atoms with Gasteiger partial charge in [-0.15, -0.1) is 0 Å². The second-order valence-corrected chi connectivity index (χ2v) is 7.17. The molecule has 1 N–H and O–H groups in total. The number of esters is 1. The highest BCUT2D eigenvalue weighted by Crippen LogP contribution is 2.13. The average Bonchev–Trinajstić information content (AvgIpc) is 2.51.